The van der Waals surface area contributed by atoms with Crippen molar-refractivity contribution in [2.45, 2.75) is 20.5 Å². The number of hydrogen-bond donors (Lipinski definition) is 2. The van der Waals surface area contributed by atoms with E-state index >= 15 is 0 Å². The molecule has 0 radical (unpaired) electrons. The maximum absolute atomic E-state index is 12.4. The van der Waals surface area contributed by atoms with Gasteiger partial charge in [-0.05, 0) is 42.7 Å². The molecule has 0 saturated heterocycles. The van der Waals surface area contributed by atoms with Gasteiger partial charge in [0.15, 0.2) is 0 Å². The first-order valence-electron chi connectivity index (χ1n) is 6.44. The van der Waals surface area contributed by atoms with Crippen LogP contribution in [-0.4, -0.2) is 22.8 Å². The molecule has 0 fully saturated rings. The second-order valence-electron chi connectivity index (χ2n) is 4.11. The van der Waals surface area contributed by atoms with Crippen molar-refractivity contribution in [2.24, 2.45) is 5.73 Å². The highest BCUT2D eigenvalue weighted by Gasteiger charge is 2.10. The summed E-state index contributed by atoms with van der Waals surface area (Å²) in [5.74, 6) is 1.02. The Hall–Kier alpha value is -0.310. The monoisotopic (exact) mass is 358 g/mol. The molecule has 0 saturated carbocycles. The van der Waals surface area contributed by atoms with Gasteiger partial charge < -0.3 is 5.73 Å². The van der Waals surface area contributed by atoms with Gasteiger partial charge in [0, 0.05) is 33.5 Å². The summed E-state index contributed by atoms with van der Waals surface area (Å²) in [5, 5.41) is 0. The van der Waals surface area contributed by atoms with Crippen molar-refractivity contribution in [3.63, 3.8) is 0 Å². The van der Waals surface area contributed by atoms with E-state index in [1.165, 1.54) is 16.2 Å². The normalized spacial score (nSPS) is 12.5. The minimum Gasteiger partial charge on any atom is -0.326 e. The van der Waals surface area contributed by atoms with Gasteiger partial charge in [0.1, 0.15) is 0 Å². The van der Waals surface area contributed by atoms with Crippen molar-refractivity contribution in [3.8, 4) is 0 Å². The summed E-state index contributed by atoms with van der Waals surface area (Å²) in [5.41, 5.74) is 5.59. The van der Waals surface area contributed by atoms with Crippen LogP contribution in [0.3, 0.4) is 0 Å². The van der Waals surface area contributed by atoms with E-state index in [-0.39, 0.29) is 0 Å². The Morgan fingerprint density at radius 1 is 1.24 bits per heavy atom. The molecule has 114 valence electrons. The van der Waals surface area contributed by atoms with E-state index < -0.39 is 10.8 Å². The molecule has 2 rings (SSSR count). The van der Waals surface area contributed by atoms with Crippen LogP contribution < -0.4 is 10.5 Å². The number of nitrogens with two attached hydrogens (primary N) is 1. The lowest BCUT2D eigenvalue weighted by atomic mass is 10.4. The number of nitrogens with one attached hydrogen (secondary N) is 1. The molecular weight excluding hydrogens is 340 g/mol. The van der Waals surface area contributed by atoms with Gasteiger partial charge in [-0.3, -0.25) is 4.72 Å². The van der Waals surface area contributed by atoms with Crippen LogP contribution in [0, 0.1) is 0 Å². The molecule has 0 amide bonds. The molecule has 0 spiro atoms. The average molecular weight is 359 g/mol. The van der Waals surface area contributed by atoms with Crippen molar-refractivity contribution < 1.29 is 4.21 Å². The topological polar surface area (TPSA) is 55.1 Å². The highest BCUT2D eigenvalue weighted by Crippen LogP contribution is 2.26. The van der Waals surface area contributed by atoms with Gasteiger partial charge in [0.25, 0.3) is 0 Å². The smallest absolute Gasteiger partial charge is 0.0963 e. The molecule has 1 aromatic carbocycles. The van der Waals surface area contributed by atoms with Crippen LogP contribution in [0.1, 0.15) is 4.88 Å². The fourth-order valence-corrected chi connectivity index (χ4v) is 5.19. The highest BCUT2D eigenvalue weighted by atomic mass is 32.2. The Bertz CT molecular complexity index is 583. The standard InChI is InChI=1S/C14H18N2OS4/c1-18-16-8-9-19-11-2-5-13(6-3-11)21(17)14-7-4-12(10-15)20-14/h2-7,16H,8-10,15H2,1H3. The Balaban J connectivity index is 1.96. The first-order valence-corrected chi connectivity index (χ1v) is 10.6. The van der Waals surface area contributed by atoms with Gasteiger partial charge in [-0.1, -0.05) is 11.9 Å². The lowest BCUT2D eigenvalue weighted by molar-refractivity contribution is 0.684. The summed E-state index contributed by atoms with van der Waals surface area (Å²) >= 11 is 4.95. The molecule has 0 aliphatic heterocycles. The van der Waals surface area contributed by atoms with Gasteiger partial charge in [0.2, 0.25) is 0 Å². The zero-order valence-corrected chi connectivity index (χ0v) is 15.0. The molecule has 21 heavy (non-hydrogen) atoms. The van der Waals surface area contributed by atoms with Crippen molar-refractivity contribution in [2.75, 3.05) is 18.6 Å². The maximum Gasteiger partial charge on any atom is 0.0963 e. The largest absolute Gasteiger partial charge is 0.326 e. The second-order valence-corrected chi connectivity index (χ2v) is 8.85. The van der Waals surface area contributed by atoms with Crippen molar-refractivity contribution in [3.05, 3.63) is 41.3 Å². The summed E-state index contributed by atoms with van der Waals surface area (Å²) in [4.78, 5) is 3.10. The predicted molar refractivity (Wildman–Crippen MR) is 95.6 cm³/mol. The lowest BCUT2D eigenvalue weighted by Gasteiger charge is -2.04. The van der Waals surface area contributed by atoms with Crippen LogP contribution in [0.4, 0.5) is 0 Å². The summed E-state index contributed by atoms with van der Waals surface area (Å²) in [7, 11) is -1.11. The highest BCUT2D eigenvalue weighted by molar-refractivity contribution is 7.99. The molecule has 1 aromatic heterocycles. The first kappa shape index (κ1) is 17.1. The number of thiophene rings is 1. The molecule has 3 N–H and O–H groups in total. The van der Waals surface area contributed by atoms with E-state index in [1.807, 2.05) is 42.7 Å². The summed E-state index contributed by atoms with van der Waals surface area (Å²) in [6.07, 6.45) is 2.02. The maximum atomic E-state index is 12.4. The minimum atomic E-state index is -1.11. The van der Waals surface area contributed by atoms with Crippen LogP contribution >= 0.6 is 35.0 Å². The van der Waals surface area contributed by atoms with Crippen molar-refractivity contribution in [1.29, 1.82) is 0 Å². The SMILES string of the molecule is CSNCCSc1ccc(S(=O)c2ccc(CN)s2)cc1. The zero-order valence-electron chi connectivity index (χ0n) is 11.7. The van der Waals surface area contributed by atoms with Crippen LogP contribution in [-0.2, 0) is 17.3 Å². The quantitative estimate of drug-likeness (QED) is 0.431. The first-order chi connectivity index (χ1) is 10.2. The number of thioether (sulfide) groups is 1. The van der Waals surface area contributed by atoms with Crippen LogP contribution in [0.15, 0.2) is 50.4 Å². The fraction of sp³-hybridized carbons (Fsp3) is 0.286. The third-order valence-corrected chi connectivity index (χ3v) is 6.99. The lowest BCUT2D eigenvalue weighted by Crippen LogP contribution is -2.06. The molecule has 3 nitrogen and oxygen atoms in total. The van der Waals surface area contributed by atoms with E-state index in [9.17, 15) is 4.21 Å². The third-order valence-electron chi connectivity index (χ3n) is 2.68. The fourth-order valence-electron chi connectivity index (χ4n) is 1.66. The summed E-state index contributed by atoms with van der Waals surface area (Å²) < 4.78 is 16.5. The average Bonchev–Trinajstić information content (AvgIpc) is 3.00. The van der Waals surface area contributed by atoms with E-state index in [0.717, 1.165) is 26.3 Å². The van der Waals surface area contributed by atoms with E-state index in [4.69, 9.17) is 5.73 Å². The Labute approximate surface area is 140 Å². The number of benzene rings is 1. The van der Waals surface area contributed by atoms with Gasteiger partial charge >= 0.3 is 0 Å². The number of hydrogen-bond acceptors (Lipinski definition) is 6. The predicted octanol–water partition coefficient (Wildman–Crippen LogP) is 3.33. The van der Waals surface area contributed by atoms with Gasteiger partial charge in [-0.15, -0.1) is 23.1 Å². The molecule has 1 unspecified atom stereocenters. The second kappa shape index (κ2) is 8.97. The number of rotatable bonds is 8. The van der Waals surface area contributed by atoms with Gasteiger partial charge in [-0.2, -0.15) is 0 Å². The molecule has 0 aliphatic carbocycles. The molecular formula is C14H18N2OS4. The summed E-state index contributed by atoms with van der Waals surface area (Å²) in [6, 6.07) is 11.8. The van der Waals surface area contributed by atoms with E-state index in [2.05, 4.69) is 4.72 Å². The van der Waals surface area contributed by atoms with Crippen LogP contribution in [0.5, 0.6) is 0 Å². The van der Waals surface area contributed by atoms with Crippen LogP contribution in [0.25, 0.3) is 0 Å². The molecule has 7 heteroatoms. The molecule has 0 aliphatic rings. The minimum absolute atomic E-state index is 0.502. The Kier molecular flexibility index (Phi) is 7.28. The molecule has 0 bridgehead atoms. The van der Waals surface area contributed by atoms with Crippen LogP contribution in [0.2, 0.25) is 0 Å². The van der Waals surface area contributed by atoms with Gasteiger partial charge in [0.05, 0.1) is 15.0 Å². The Morgan fingerprint density at radius 3 is 2.62 bits per heavy atom. The van der Waals surface area contributed by atoms with Crippen molar-refractivity contribution in [1.82, 2.24) is 4.72 Å². The molecule has 1 atom stereocenters. The van der Waals surface area contributed by atoms with Gasteiger partial charge in [-0.25, -0.2) is 4.21 Å². The van der Waals surface area contributed by atoms with Crippen molar-refractivity contribution >= 4 is 45.8 Å². The Morgan fingerprint density at radius 2 is 2.00 bits per heavy atom. The molecule has 2 aromatic rings. The van der Waals surface area contributed by atoms with E-state index in [0.29, 0.717) is 6.54 Å². The third kappa shape index (κ3) is 5.12. The summed E-state index contributed by atoms with van der Waals surface area (Å²) in [6.45, 7) is 1.47. The molecule has 1 heterocycles. The zero-order chi connectivity index (χ0) is 15.1. The van der Waals surface area contributed by atoms with E-state index in [1.54, 1.807) is 23.7 Å².